The quantitative estimate of drug-likeness (QED) is 0.0200. The first kappa shape index (κ1) is 52.1. The van der Waals surface area contributed by atoms with Crippen LogP contribution >= 0.6 is 11.6 Å². The molecule has 0 radical (unpaired) electrons. The Kier molecular flexibility index (Phi) is 21.7. The Morgan fingerprint density at radius 3 is 1.84 bits per heavy atom. The number of hydrogen-bond acceptors (Lipinski definition) is 18. The van der Waals surface area contributed by atoms with Crippen LogP contribution in [-0.2, 0) is 17.6 Å². The first-order chi connectivity index (χ1) is 29.4. The number of amides is 2. The molecule has 18 N–H and O–H groups in total. The number of anilines is 1. The van der Waals surface area contributed by atoms with Crippen molar-refractivity contribution in [2.24, 2.45) is 5.73 Å². The largest absolute Gasteiger partial charge is 0.394 e. The molecule has 0 aliphatic heterocycles. The molecule has 0 fully saturated rings. The molecular formula is C40H62ClN9O12. The predicted octanol–water partition coefficient (Wildman–Crippen LogP) is -3.61. The molecule has 9 atom stereocenters. The number of carbonyl (C=O) groups excluding carboxylic acids is 2. The minimum absolute atomic E-state index is 0.0501. The highest BCUT2D eigenvalue weighted by Crippen LogP contribution is 2.21. The maximum Gasteiger partial charge on any atom is 0.280 e. The molecule has 1 heterocycles. The molecule has 3 rings (SSSR count). The maximum absolute atomic E-state index is 12.4. The smallest absolute Gasteiger partial charge is 0.280 e. The third-order valence-corrected chi connectivity index (χ3v) is 10.7. The lowest BCUT2D eigenvalue weighted by Gasteiger charge is -2.33. The molecule has 0 aliphatic carbocycles. The highest BCUT2D eigenvalue weighted by molar-refractivity contribution is 6.30. The molecule has 22 heteroatoms. The van der Waals surface area contributed by atoms with Crippen molar-refractivity contribution in [3.63, 3.8) is 0 Å². The third-order valence-electron chi connectivity index (χ3n) is 10.3. The number of guanidine groups is 1. The SMILES string of the molecule is Cc1nc(N)c(C(=O)NC(=N)NCCCCc2ccc3cc(CC[C@H](NCCCN(C[C@H](O)[C@@H](O)[C@H](O)[C@H](O)CO)C[C@H](O)[C@@H](O)[C@H](O)[C@H](O)CO)C(N)=O)ccc3c2)nc1Cl. The molecule has 0 aliphatic rings. The van der Waals surface area contributed by atoms with E-state index in [0.717, 1.165) is 41.2 Å². The highest BCUT2D eigenvalue weighted by Gasteiger charge is 2.34. The lowest BCUT2D eigenvalue weighted by Crippen LogP contribution is -2.53. The van der Waals surface area contributed by atoms with E-state index < -0.39 is 93.0 Å². The number of aromatic nitrogens is 2. The number of unbranched alkanes of at least 4 members (excludes halogenated alkanes) is 1. The molecule has 2 amide bonds. The zero-order valence-electron chi connectivity index (χ0n) is 34.5. The molecule has 346 valence electrons. The van der Waals surface area contributed by atoms with E-state index in [2.05, 4.69) is 32.0 Å². The summed E-state index contributed by atoms with van der Waals surface area (Å²) in [5.41, 5.74) is 13.8. The van der Waals surface area contributed by atoms with Crippen LogP contribution in [0, 0.1) is 12.3 Å². The summed E-state index contributed by atoms with van der Waals surface area (Å²) < 4.78 is 0. The summed E-state index contributed by atoms with van der Waals surface area (Å²) in [5.74, 6) is -1.56. The summed E-state index contributed by atoms with van der Waals surface area (Å²) >= 11 is 5.95. The van der Waals surface area contributed by atoms with E-state index in [9.17, 15) is 50.4 Å². The van der Waals surface area contributed by atoms with Gasteiger partial charge in [-0.25, -0.2) is 9.97 Å². The number of aryl methyl sites for hydroxylation is 3. The van der Waals surface area contributed by atoms with Crippen LogP contribution in [0.5, 0.6) is 0 Å². The predicted molar refractivity (Wildman–Crippen MR) is 229 cm³/mol. The van der Waals surface area contributed by atoms with Crippen LogP contribution in [0.1, 0.15) is 53.0 Å². The van der Waals surface area contributed by atoms with Gasteiger partial charge in [0, 0.05) is 19.6 Å². The average molecular weight is 896 g/mol. The van der Waals surface area contributed by atoms with Crippen LogP contribution < -0.4 is 27.4 Å². The average Bonchev–Trinajstić information content (AvgIpc) is 3.24. The third kappa shape index (κ3) is 16.2. The zero-order valence-corrected chi connectivity index (χ0v) is 35.3. The maximum atomic E-state index is 12.4. The van der Waals surface area contributed by atoms with E-state index in [0.29, 0.717) is 25.1 Å². The number of nitrogens with one attached hydrogen (secondary N) is 4. The minimum atomic E-state index is -1.91. The van der Waals surface area contributed by atoms with Crippen molar-refractivity contribution in [3.8, 4) is 0 Å². The second-order valence-corrected chi connectivity index (χ2v) is 15.6. The number of benzene rings is 2. The monoisotopic (exact) mass is 895 g/mol. The molecule has 0 saturated carbocycles. The summed E-state index contributed by atoms with van der Waals surface area (Å²) in [7, 11) is 0. The first-order valence-corrected chi connectivity index (χ1v) is 20.6. The van der Waals surface area contributed by atoms with Gasteiger partial charge in [0.15, 0.2) is 22.6 Å². The van der Waals surface area contributed by atoms with Crippen molar-refractivity contribution in [3.05, 3.63) is 64.1 Å². The normalized spacial score (nSPS) is 16.2. The van der Waals surface area contributed by atoms with Crippen LogP contribution in [0.15, 0.2) is 36.4 Å². The van der Waals surface area contributed by atoms with Crippen LogP contribution in [0.2, 0.25) is 5.15 Å². The van der Waals surface area contributed by atoms with E-state index in [4.69, 9.17) is 38.7 Å². The lowest BCUT2D eigenvalue weighted by molar-refractivity contribution is -0.130. The van der Waals surface area contributed by atoms with E-state index in [-0.39, 0.29) is 42.1 Å². The van der Waals surface area contributed by atoms with Gasteiger partial charge in [-0.1, -0.05) is 48.0 Å². The van der Waals surface area contributed by atoms with Crippen molar-refractivity contribution in [1.29, 1.82) is 5.41 Å². The minimum Gasteiger partial charge on any atom is -0.394 e. The van der Waals surface area contributed by atoms with Gasteiger partial charge >= 0.3 is 0 Å². The van der Waals surface area contributed by atoms with Crippen LogP contribution in [0.25, 0.3) is 10.8 Å². The van der Waals surface area contributed by atoms with E-state index in [1.165, 1.54) is 4.90 Å². The summed E-state index contributed by atoms with van der Waals surface area (Å²) in [5, 5.41) is 118. The number of fused-ring (bicyclic) bond motifs is 1. The van der Waals surface area contributed by atoms with E-state index >= 15 is 0 Å². The lowest BCUT2D eigenvalue weighted by atomic mass is 9.98. The van der Waals surface area contributed by atoms with Gasteiger partial charge < -0.3 is 73.2 Å². The number of aliphatic hydroxyl groups excluding tert-OH is 10. The number of nitrogen functional groups attached to an aromatic ring is 1. The van der Waals surface area contributed by atoms with Crippen LogP contribution in [-0.4, -0.2) is 185 Å². The summed E-state index contributed by atoms with van der Waals surface area (Å²) in [6.07, 6.45) is -11.0. The van der Waals surface area contributed by atoms with Gasteiger partial charge in [-0.3, -0.25) is 25.2 Å². The van der Waals surface area contributed by atoms with Crippen LogP contribution in [0.3, 0.4) is 0 Å². The van der Waals surface area contributed by atoms with Gasteiger partial charge in [0.2, 0.25) is 5.91 Å². The fourth-order valence-electron chi connectivity index (χ4n) is 6.59. The molecular weight excluding hydrogens is 834 g/mol. The van der Waals surface area contributed by atoms with Gasteiger partial charge in [0.25, 0.3) is 5.91 Å². The molecule has 3 aromatic rings. The van der Waals surface area contributed by atoms with E-state index in [1.54, 1.807) is 6.92 Å². The molecule has 21 nitrogen and oxygen atoms in total. The van der Waals surface area contributed by atoms with Crippen molar-refractivity contribution in [2.45, 2.75) is 100 Å². The molecule has 62 heavy (non-hydrogen) atoms. The van der Waals surface area contributed by atoms with Gasteiger partial charge in [0.1, 0.15) is 36.6 Å². The number of nitrogens with zero attached hydrogens (tertiary/aromatic N) is 3. The number of halogens is 1. The summed E-state index contributed by atoms with van der Waals surface area (Å²) in [6, 6.07) is 11.5. The molecule has 0 unspecified atom stereocenters. The Morgan fingerprint density at radius 2 is 1.31 bits per heavy atom. The van der Waals surface area contributed by atoms with Crippen LogP contribution in [0.4, 0.5) is 5.82 Å². The van der Waals surface area contributed by atoms with Gasteiger partial charge in [0.05, 0.1) is 37.2 Å². The Hall–Kier alpha value is -4.20. The summed E-state index contributed by atoms with van der Waals surface area (Å²) in [6.45, 7) is -0.225. The second kappa shape index (κ2) is 25.8. The zero-order chi connectivity index (χ0) is 46.1. The molecule has 2 aromatic carbocycles. The van der Waals surface area contributed by atoms with Crippen molar-refractivity contribution < 1.29 is 60.7 Å². The van der Waals surface area contributed by atoms with Gasteiger partial charge in [-0.15, -0.1) is 0 Å². The fraction of sp³-hybridized carbons (Fsp3) is 0.575. The van der Waals surface area contributed by atoms with Gasteiger partial charge in [-0.05, 0) is 80.4 Å². The number of carbonyl (C=O) groups is 2. The van der Waals surface area contributed by atoms with Crippen molar-refractivity contribution in [2.75, 3.05) is 51.7 Å². The Bertz CT molecular complexity index is 1870. The highest BCUT2D eigenvalue weighted by atomic mass is 35.5. The van der Waals surface area contributed by atoms with Crippen molar-refractivity contribution in [1.82, 2.24) is 30.8 Å². The first-order valence-electron chi connectivity index (χ1n) is 20.2. The molecule has 0 saturated heterocycles. The Balaban J connectivity index is 1.48. The Morgan fingerprint density at radius 1 is 0.774 bits per heavy atom. The number of nitrogens with two attached hydrogens (primary N) is 2. The number of primary amides is 1. The number of rotatable bonds is 27. The fourth-order valence-corrected chi connectivity index (χ4v) is 6.71. The van der Waals surface area contributed by atoms with E-state index in [1.807, 2.05) is 30.3 Å². The summed E-state index contributed by atoms with van der Waals surface area (Å²) in [4.78, 5) is 34.1. The Labute approximate surface area is 363 Å². The number of hydrogen-bond donors (Lipinski definition) is 16. The van der Waals surface area contributed by atoms with Crippen molar-refractivity contribution >= 4 is 46.0 Å². The number of aliphatic hydroxyl groups is 10. The van der Waals surface area contributed by atoms with Gasteiger partial charge in [-0.2, -0.15) is 0 Å². The standard InChI is InChI=1S/C40H62ClN9O12/c1-21-36(41)48-31(37(42)47-21)39(62)49-40(44)46-12-3-2-5-22-6-9-25-16-23(7-10-24(25)15-22)8-11-26(38(43)61)45-13-4-14-50(17-27(53)32(57)34(59)29(55)19-51)18-28(54)33(58)35(60)30(56)20-52/h6-7,9-10,15-16,26-30,32-35,45,51-60H,2-5,8,11-14,17-20H2,1H3,(H2,42,47)(H2,43,61)(H3,44,46,49,62)/t26-,27-,28-,29+,30+,32+,33+,34+,35+/m0/s1. The molecule has 1 aromatic heterocycles. The molecule has 0 spiro atoms. The topological polar surface area (TPSA) is 377 Å². The molecule has 0 bridgehead atoms. The second-order valence-electron chi connectivity index (χ2n) is 15.2.